The number of hydrogen-bond acceptors (Lipinski definition) is 5. The number of H-pyrrole nitrogens is 1. The maximum atomic E-state index is 12.7. The van der Waals surface area contributed by atoms with Gasteiger partial charge < -0.3 is 10.4 Å². The number of aromatic nitrogens is 2. The molecular weight excluding hydrogens is 354 g/mol. The molecule has 7 nitrogen and oxygen atoms in total. The molecule has 7 heteroatoms. The Morgan fingerprint density at radius 2 is 2.14 bits per heavy atom. The van der Waals surface area contributed by atoms with Crippen molar-refractivity contribution in [2.24, 2.45) is 4.99 Å². The van der Waals surface area contributed by atoms with E-state index < -0.39 is 6.10 Å². The van der Waals surface area contributed by atoms with E-state index in [-0.39, 0.29) is 11.9 Å². The second-order valence-corrected chi connectivity index (χ2v) is 7.14. The second-order valence-electron chi connectivity index (χ2n) is 7.14. The molecule has 1 aromatic heterocycles. The Kier molecular flexibility index (Phi) is 3.77. The summed E-state index contributed by atoms with van der Waals surface area (Å²) >= 11 is 0. The molecule has 0 spiro atoms. The van der Waals surface area contributed by atoms with Crippen LogP contribution in [-0.2, 0) is 11.2 Å². The van der Waals surface area contributed by atoms with Gasteiger partial charge in [0.15, 0.2) is 0 Å². The van der Waals surface area contributed by atoms with E-state index in [9.17, 15) is 9.90 Å². The number of nitrogens with zero attached hydrogens (tertiary/aromatic N) is 3. The third-order valence-corrected chi connectivity index (χ3v) is 5.32. The number of carbonyl (C=O) groups is 1. The minimum atomic E-state index is -0.555. The molecule has 2 atom stereocenters. The molecule has 2 aromatic carbocycles. The normalized spacial score (nSPS) is 22.8. The van der Waals surface area contributed by atoms with Gasteiger partial charge >= 0.3 is 0 Å². The maximum Gasteiger partial charge on any atom is 0.279 e. The SMILES string of the molecule is CN1C(=O)/C(=C/c2ccc3[nH]ncc3c2)N=C1N[C@H]1c2ccccc2C[C@@H]1O. The number of nitrogens with one attached hydrogen (secondary N) is 2. The van der Waals surface area contributed by atoms with Crippen molar-refractivity contribution in [2.45, 2.75) is 18.6 Å². The van der Waals surface area contributed by atoms with E-state index >= 15 is 0 Å². The maximum absolute atomic E-state index is 12.7. The molecule has 28 heavy (non-hydrogen) atoms. The van der Waals surface area contributed by atoms with Gasteiger partial charge in [-0.05, 0) is 34.9 Å². The fraction of sp³-hybridized carbons (Fsp3) is 0.190. The summed E-state index contributed by atoms with van der Waals surface area (Å²) < 4.78 is 0. The first-order chi connectivity index (χ1) is 13.6. The van der Waals surface area contributed by atoms with Crippen LogP contribution in [0, 0.1) is 0 Å². The Labute approximate surface area is 161 Å². The van der Waals surface area contributed by atoms with Crippen molar-refractivity contribution in [1.29, 1.82) is 0 Å². The number of fused-ring (bicyclic) bond motifs is 2. The minimum absolute atomic E-state index is 0.185. The Bertz CT molecular complexity index is 1150. The molecule has 0 unspecified atom stereocenters. The highest BCUT2D eigenvalue weighted by atomic mass is 16.3. The fourth-order valence-electron chi connectivity index (χ4n) is 3.82. The number of likely N-dealkylation sites (N-methyl/N-ethyl adjacent to an activating group) is 1. The molecule has 2 heterocycles. The average Bonchev–Trinajstić information content (AvgIpc) is 3.35. The van der Waals surface area contributed by atoms with Crippen LogP contribution in [0.25, 0.3) is 17.0 Å². The number of aliphatic imine (C=N–C) groups is 1. The van der Waals surface area contributed by atoms with Crippen LogP contribution in [0.1, 0.15) is 22.7 Å². The summed E-state index contributed by atoms with van der Waals surface area (Å²) in [4.78, 5) is 18.6. The number of aliphatic hydroxyl groups excluding tert-OH is 1. The summed E-state index contributed by atoms with van der Waals surface area (Å²) in [6.45, 7) is 0. The van der Waals surface area contributed by atoms with Gasteiger partial charge in [-0.15, -0.1) is 0 Å². The highest BCUT2D eigenvalue weighted by Gasteiger charge is 2.35. The van der Waals surface area contributed by atoms with Crippen molar-refractivity contribution < 1.29 is 9.90 Å². The number of aliphatic hydroxyl groups is 1. The van der Waals surface area contributed by atoms with Crippen LogP contribution in [-0.4, -0.2) is 45.2 Å². The fourth-order valence-corrected chi connectivity index (χ4v) is 3.82. The number of rotatable bonds is 2. The molecule has 2 aliphatic rings. The summed E-state index contributed by atoms with van der Waals surface area (Å²) in [6.07, 6.45) is 3.54. The van der Waals surface area contributed by atoms with E-state index in [4.69, 9.17) is 0 Å². The van der Waals surface area contributed by atoms with Gasteiger partial charge in [0, 0.05) is 18.9 Å². The molecule has 140 valence electrons. The van der Waals surface area contributed by atoms with Crippen LogP contribution in [0.15, 0.2) is 59.4 Å². The number of amides is 1. The first-order valence-electron chi connectivity index (χ1n) is 9.14. The van der Waals surface area contributed by atoms with E-state index in [1.165, 1.54) is 4.90 Å². The first-order valence-corrected chi connectivity index (χ1v) is 9.14. The number of benzene rings is 2. The van der Waals surface area contributed by atoms with Crippen molar-refractivity contribution in [3.8, 4) is 0 Å². The summed E-state index contributed by atoms with van der Waals surface area (Å²) in [7, 11) is 1.68. The van der Waals surface area contributed by atoms with Crippen molar-refractivity contribution in [3.63, 3.8) is 0 Å². The van der Waals surface area contributed by atoms with Crippen LogP contribution in [0.5, 0.6) is 0 Å². The lowest BCUT2D eigenvalue weighted by atomic mass is 10.1. The molecule has 1 aliphatic carbocycles. The molecule has 0 bridgehead atoms. The largest absolute Gasteiger partial charge is 0.390 e. The number of carbonyl (C=O) groups excluding carboxylic acids is 1. The molecule has 0 radical (unpaired) electrons. The van der Waals surface area contributed by atoms with Crippen LogP contribution in [0.3, 0.4) is 0 Å². The quantitative estimate of drug-likeness (QED) is 0.599. The Balaban J connectivity index is 1.45. The van der Waals surface area contributed by atoms with Crippen molar-refractivity contribution in [2.75, 3.05) is 7.05 Å². The van der Waals surface area contributed by atoms with Gasteiger partial charge in [-0.3, -0.25) is 14.8 Å². The lowest BCUT2D eigenvalue weighted by Gasteiger charge is -2.21. The van der Waals surface area contributed by atoms with E-state index in [0.29, 0.717) is 18.1 Å². The summed E-state index contributed by atoms with van der Waals surface area (Å²) in [6, 6.07) is 13.4. The standard InChI is InChI=1S/C21H19N5O2/c1-26-20(28)17(9-12-6-7-16-14(8-12)11-22-25-16)23-21(26)24-19-15-5-3-2-4-13(15)10-18(19)27/h2-9,11,18-19,27H,10H2,1H3,(H,22,25)(H,23,24)/b17-9-/t18-,19-/m0/s1. The average molecular weight is 373 g/mol. The summed E-state index contributed by atoms with van der Waals surface area (Å²) in [5.74, 6) is 0.261. The smallest absolute Gasteiger partial charge is 0.279 e. The number of hydrogen-bond donors (Lipinski definition) is 3. The Hall–Kier alpha value is -3.45. The van der Waals surface area contributed by atoms with E-state index in [1.807, 2.05) is 42.5 Å². The third kappa shape index (κ3) is 2.68. The molecular formula is C21H19N5O2. The lowest BCUT2D eigenvalue weighted by molar-refractivity contribution is -0.121. The zero-order valence-electron chi connectivity index (χ0n) is 15.3. The molecule has 0 saturated heterocycles. The molecule has 0 fully saturated rings. The van der Waals surface area contributed by atoms with Crippen LogP contribution >= 0.6 is 0 Å². The minimum Gasteiger partial charge on any atom is -0.390 e. The highest BCUT2D eigenvalue weighted by molar-refractivity contribution is 6.13. The number of guanidine groups is 1. The second kappa shape index (κ2) is 6.31. The summed E-state index contributed by atoms with van der Waals surface area (Å²) in [5, 5.41) is 21.6. The van der Waals surface area contributed by atoms with Crippen molar-refractivity contribution in [1.82, 2.24) is 20.4 Å². The molecule has 3 aromatic rings. The van der Waals surface area contributed by atoms with Crippen LogP contribution < -0.4 is 5.32 Å². The van der Waals surface area contributed by atoms with E-state index in [2.05, 4.69) is 20.5 Å². The predicted octanol–water partition coefficient (Wildman–Crippen LogP) is 1.98. The molecule has 1 amide bonds. The zero-order chi connectivity index (χ0) is 19.3. The van der Waals surface area contributed by atoms with Crippen molar-refractivity contribution >= 4 is 28.8 Å². The van der Waals surface area contributed by atoms with Gasteiger partial charge in [0.1, 0.15) is 5.70 Å². The monoisotopic (exact) mass is 373 g/mol. The molecule has 1 aliphatic heterocycles. The van der Waals surface area contributed by atoms with Gasteiger partial charge in [-0.1, -0.05) is 30.3 Å². The van der Waals surface area contributed by atoms with Gasteiger partial charge in [0.2, 0.25) is 5.96 Å². The van der Waals surface area contributed by atoms with Gasteiger partial charge in [-0.25, -0.2) is 4.99 Å². The van der Waals surface area contributed by atoms with Gasteiger partial charge in [0.05, 0.1) is 23.9 Å². The number of aromatic amines is 1. The Morgan fingerprint density at radius 1 is 1.29 bits per heavy atom. The molecule has 0 saturated carbocycles. The summed E-state index contributed by atoms with van der Waals surface area (Å²) in [5.41, 5.74) is 4.33. The third-order valence-electron chi connectivity index (χ3n) is 5.32. The molecule has 3 N–H and O–H groups in total. The van der Waals surface area contributed by atoms with Gasteiger partial charge in [0.25, 0.3) is 5.91 Å². The van der Waals surface area contributed by atoms with E-state index in [0.717, 1.165) is 27.6 Å². The molecule has 5 rings (SSSR count). The highest BCUT2D eigenvalue weighted by Crippen LogP contribution is 2.32. The first kappa shape index (κ1) is 16.7. The van der Waals surface area contributed by atoms with E-state index in [1.54, 1.807) is 19.3 Å². The van der Waals surface area contributed by atoms with Crippen molar-refractivity contribution in [3.05, 3.63) is 71.0 Å². The topological polar surface area (TPSA) is 93.6 Å². The van der Waals surface area contributed by atoms with Crippen LogP contribution in [0.4, 0.5) is 0 Å². The Morgan fingerprint density at radius 3 is 3.04 bits per heavy atom. The van der Waals surface area contributed by atoms with Gasteiger partial charge in [-0.2, -0.15) is 5.10 Å². The predicted molar refractivity (Wildman–Crippen MR) is 106 cm³/mol. The zero-order valence-corrected chi connectivity index (χ0v) is 15.3. The van der Waals surface area contributed by atoms with Crippen LogP contribution in [0.2, 0.25) is 0 Å². The lowest BCUT2D eigenvalue weighted by Crippen LogP contribution is -2.42.